The molecule has 16 heteroatoms. The molecule has 3 aliphatic heterocycles. The summed E-state index contributed by atoms with van der Waals surface area (Å²) in [6, 6.07) is 16.3. The Labute approximate surface area is 349 Å². The second kappa shape index (κ2) is 15.0. The van der Waals surface area contributed by atoms with E-state index in [0.29, 0.717) is 47.7 Å². The van der Waals surface area contributed by atoms with Crippen LogP contribution in [0.3, 0.4) is 0 Å². The number of benzene rings is 3. The number of piperazine rings is 1. The fourth-order valence-corrected chi connectivity index (χ4v) is 8.94. The number of pyridine rings is 2. The number of aromatic nitrogens is 5. The van der Waals surface area contributed by atoms with E-state index in [1.54, 1.807) is 35.8 Å². The number of carbonyl (C=O) groups is 2. The number of phenols is 2. The second-order valence-electron chi connectivity index (χ2n) is 16.0. The van der Waals surface area contributed by atoms with Crippen molar-refractivity contribution in [3.63, 3.8) is 0 Å². The van der Waals surface area contributed by atoms with Crippen molar-refractivity contribution < 1.29 is 38.8 Å². The zero-order valence-corrected chi connectivity index (χ0v) is 34.1. The van der Waals surface area contributed by atoms with Crippen molar-refractivity contribution in [1.29, 1.82) is 0 Å². The number of phenolic OH excluding ortho intramolecular Hbond substituents is 2. The number of nitrogens with zero attached hydrogens (tertiary/aromatic N) is 7. The molecule has 0 saturated carbocycles. The molecule has 1 atom stereocenters. The number of hydrogen-bond acceptors (Lipinski definition) is 12. The van der Waals surface area contributed by atoms with Crippen LogP contribution in [0.25, 0.3) is 39.4 Å². The number of ether oxygens (including phenoxy) is 2. The lowest BCUT2D eigenvalue weighted by Gasteiger charge is -2.39. The monoisotopic (exact) mass is 829 g/mol. The number of cyclic esters (lactones) is 1. The molecule has 9 rings (SSSR count). The van der Waals surface area contributed by atoms with E-state index in [1.165, 1.54) is 21.6 Å². The summed E-state index contributed by atoms with van der Waals surface area (Å²) in [5, 5.41) is 40.4. The fourth-order valence-electron chi connectivity index (χ4n) is 8.94. The standard InChI is InChI=1S/C45H44FN7O8/c1-5-27-28-9-7-8-10-35(28)47-39-31(27)22-52-36(39)19-33-32(41(52)56)23-60-42(57)45(33,6-2)61-44(59)51-15-13-50(14-16-51)21-25-11-12-26(17-34(25)46)53-40(48-49-43(53)58)30-18-29(24(3)4)37(54)20-38(30)55/h7-12,17-20,24,54-55H,5-6,13-16,21-23H2,1-4H3,(H,49,58). The highest BCUT2D eigenvalue weighted by atomic mass is 19.1. The maximum atomic E-state index is 15.8. The normalized spacial score (nSPS) is 17.3. The van der Waals surface area contributed by atoms with Gasteiger partial charge in [-0.1, -0.05) is 57.1 Å². The molecular weight excluding hydrogens is 786 g/mol. The molecule has 0 bridgehead atoms. The first-order valence-corrected chi connectivity index (χ1v) is 20.4. The first-order chi connectivity index (χ1) is 29.3. The van der Waals surface area contributed by atoms with Gasteiger partial charge in [0.15, 0.2) is 5.82 Å². The maximum Gasteiger partial charge on any atom is 0.411 e. The lowest BCUT2D eigenvalue weighted by atomic mass is 9.85. The number of aromatic hydroxyl groups is 3. The molecule has 0 aliphatic carbocycles. The molecule has 3 N–H and O–H groups in total. The number of para-hydroxylation sites is 1. The lowest BCUT2D eigenvalue weighted by molar-refractivity contribution is -0.173. The Morgan fingerprint density at radius 3 is 2.44 bits per heavy atom. The first-order valence-electron chi connectivity index (χ1n) is 20.4. The predicted molar refractivity (Wildman–Crippen MR) is 221 cm³/mol. The van der Waals surface area contributed by atoms with Crippen LogP contribution in [0.5, 0.6) is 17.5 Å². The number of fused-ring (bicyclic) bond motifs is 5. The van der Waals surface area contributed by atoms with Crippen LogP contribution >= 0.6 is 0 Å². The van der Waals surface area contributed by atoms with Gasteiger partial charge in [0.1, 0.15) is 23.9 Å². The third kappa shape index (κ3) is 6.43. The summed E-state index contributed by atoms with van der Waals surface area (Å²) in [4.78, 5) is 50.2. The van der Waals surface area contributed by atoms with E-state index in [2.05, 4.69) is 17.1 Å². The van der Waals surface area contributed by atoms with Crippen LogP contribution in [-0.4, -0.2) is 87.7 Å². The van der Waals surface area contributed by atoms with Gasteiger partial charge < -0.3 is 34.3 Å². The summed E-state index contributed by atoms with van der Waals surface area (Å²) in [6.45, 7) is 9.04. The molecule has 314 valence electrons. The van der Waals surface area contributed by atoms with E-state index in [1.807, 2.05) is 43.0 Å². The number of amides is 1. The van der Waals surface area contributed by atoms with E-state index in [4.69, 9.17) is 14.5 Å². The maximum absolute atomic E-state index is 15.8. The van der Waals surface area contributed by atoms with Crippen molar-refractivity contribution in [3.8, 4) is 46.0 Å². The summed E-state index contributed by atoms with van der Waals surface area (Å²) in [6.07, 6.45) is 0.0426. The Balaban J connectivity index is 0.919. The van der Waals surface area contributed by atoms with Gasteiger partial charge in [0.05, 0.1) is 40.3 Å². The SMILES string of the molecule is CCc1c2c(nc3ccccc13)-c1cc3c(c(=O)n1C2)COC(=O)C3(CC)OC(=O)N1CCN(Cc2ccc(-n3c(O)nnc3-c3cc(C(C)C)c(O)cc3O)cc2F)CC1. The topological polar surface area (TPSA) is 185 Å². The van der Waals surface area contributed by atoms with Crippen molar-refractivity contribution in [2.45, 2.75) is 71.8 Å². The Morgan fingerprint density at radius 2 is 1.72 bits per heavy atom. The van der Waals surface area contributed by atoms with Crippen molar-refractivity contribution in [2.24, 2.45) is 0 Å². The minimum Gasteiger partial charge on any atom is -0.508 e. The molecule has 1 fully saturated rings. The molecule has 1 amide bonds. The van der Waals surface area contributed by atoms with Gasteiger partial charge >= 0.3 is 18.1 Å². The highest BCUT2D eigenvalue weighted by Gasteiger charge is 2.51. The van der Waals surface area contributed by atoms with Gasteiger partial charge in [-0.2, -0.15) is 0 Å². The zero-order chi connectivity index (χ0) is 42.9. The zero-order valence-electron chi connectivity index (χ0n) is 34.1. The second-order valence-corrected chi connectivity index (χ2v) is 16.0. The number of hydrogen-bond donors (Lipinski definition) is 3. The van der Waals surface area contributed by atoms with Crippen molar-refractivity contribution in [3.05, 3.63) is 110 Å². The largest absolute Gasteiger partial charge is 0.508 e. The van der Waals surface area contributed by atoms with Crippen LogP contribution in [0.15, 0.2) is 65.5 Å². The molecule has 0 spiro atoms. The molecule has 6 heterocycles. The highest BCUT2D eigenvalue weighted by Crippen LogP contribution is 2.43. The molecule has 3 aromatic carbocycles. The molecule has 15 nitrogen and oxygen atoms in total. The van der Waals surface area contributed by atoms with Crippen LogP contribution in [0.2, 0.25) is 0 Å². The van der Waals surface area contributed by atoms with E-state index >= 15 is 4.39 Å². The van der Waals surface area contributed by atoms with Gasteiger partial charge in [-0.3, -0.25) is 9.69 Å². The summed E-state index contributed by atoms with van der Waals surface area (Å²) >= 11 is 0. The number of aryl methyl sites for hydroxylation is 1. The lowest BCUT2D eigenvalue weighted by Crippen LogP contribution is -2.53. The summed E-state index contributed by atoms with van der Waals surface area (Å²) < 4.78 is 30.3. The predicted octanol–water partition coefficient (Wildman–Crippen LogP) is 6.23. The molecule has 6 aromatic rings. The molecule has 3 aromatic heterocycles. The smallest absolute Gasteiger partial charge is 0.411 e. The van der Waals surface area contributed by atoms with Crippen LogP contribution < -0.4 is 5.56 Å². The van der Waals surface area contributed by atoms with Crippen LogP contribution in [-0.2, 0) is 46.0 Å². The third-order valence-corrected chi connectivity index (χ3v) is 12.3. The number of carbonyl (C=O) groups excluding carboxylic acids is 2. The van der Waals surface area contributed by atoms with Crippen LogP contribution in [0.1, 0.15) is 73.4 Å². The van der Waals surface area contributed by atoms with E-state index in [9.17, 15) is 29.7 Å². The number of esters is 1. The first kappa shape index (κ1) is 39.6. The van der Waals surface area contributed by atoms with Gasteiger partial charge in [0.2, 0.25) is 5.60 Å². The molecule has 61 heavy (non-hydrogen) atoms. The molecule has 0 radical (unpaired) electrons. The minimum atomic E-state index is -1.86. The van der Waals surface area contributed by atoms with Crippen LogP contribution in [0.4, 0.5) is 9.18 Å². The van der Waals surface area contributed by atoms with Gasteiger partial charge in [-0.25, -0.2) is 23.5 Å². The Bertz CT molecular complexity index is 2850. The molecule has 1 unspecified atom stereocenters. The summed E-state index contributed by atoms with van der Waals surface area (Å²) in [5.74, 6) is -1.71. The minimum absolute atomic E-state index is 0.0322. The Morgan fingerprint density at radius 1 is 0.951 bits per heavy atom. The average Bonchev–Trinajstić information content (AvgIpc) is 3.82. The number of rotatable bonds is 8. The quantitative estimate of drug-likeness (QED) is 0.147. The van der Waals surface area contributed by atoms with Crippen molar-refractivity contribution in [2.75, 3.05) is 26.2 Å². The summed E-state index contributed by atoms with van der Waals surface area (Å²) in [5.41, 5.74) is 3.82. The number of halogens is 1. The molecular formula is C45H44FN7O8. The van der Waals surface area contributed by atoms with Crippen LogP contribution in [0, 0.1) is 5.82 Å². The van der Waals surface area contributed by atoms with Gasteiger partial charge in [-0.05, 0) is 60.2 Å². The average molecular weight is 830 g/mol. The molecule has 3 aliphatic rings. The summed E-state index contributed by atoms with van der Waals surface area (Å²) in [7, 11) is 0. The van der Waals surface area contributed by atoms with Crippen molar-refractivity contribution in [1.82, 2.24) is 34.1 Å². The van der Waals surface area contributed by atoms with Gasteiger partial charge in [-0.15, -0.1) is 5.10 Å². The van der Waals surface area contributed by atoms with Gasteiger partial charge in [0, 0.05) is 60.9 Å². The molecule has 1 saturated heterocycles. The van der Waals surface area contributed by atoms with Gasteiger partial charge in [0.25, 0.3) is 5.56 Å². The highest BCUT2D eigenvalue weighted by molar-refractivity contribution is 5.90. The van der Waals surface area contributed by atoms with Crippen molar-refractivity contribution >= 4 is 23.0 Å². The third-order valence-electron chi connectivity index (χ3n) is 12.3. The van der Waals surface area contributed by atoms with E-state index < -0.39 is 29.5 Å². The Hall–Kier alpha value is -6.81. The van der Waals surface area contributed by atoms with E-state index in [-0.39, 0.29) is 78.3 Å². The Kier molecular flexibility index (Phi) is 9.77. The van der Waals surface area contributed by atoms with E-state index in [0.717, 1.165) is 28.5 Å². The fraction of sp³-hybridized carbons (Fsp3) is 0.333.